The summed E-state index contributed by atoms with van der Waals surface area (Å²) in [6.45, 7) is 0.270. The fourth-order valence-corrected chi connectivity index (χ4v) is 3.57. The van der Waals surface area contributed by atoms with E-state index in [1.807, 2.05) is 17.5 Å². The van der Waals surface area contributed by atoms with Crippen LogP contribution in [0.25, 0.3) is 11.1 Å². The summed E-state index contributed by atoms with van der Waals surface area (Å²) in [5.41, 5.74) is 0.334. The van der Waals surface area contributed by atoms with E-state index in [4.69, 9.17) is 9.15 Å². The first-order valence-electron chi connectivity index (χ1n) is 9.05. The number of benzene rings is 1. The zero-order valence-corrected chi connectivity index (χ0v) is 16.9. The predicted molar refractivity (Wildman–Crippen MR) is 108 cm³/mol. The minimum Gasteiger partial charge on any atom is -0.456 e. The number of fused-ring (bicyclic) bond motifs is 1. The van der Waals surface area contributed by atoms with Crippen LogP contribution < -0.4 is 5.76 Å². The minimum atomic E-state index is -0.663. The summed E-state index contributed by atoms with van der Waals surface area (Å²) in [7, 11) is 1.64. The van der Waals surface area contributed by atoms with Crippen molar-refractivity contribution in [1.82, 2.24) is 9.47 Å². The van der Waals surface area contributed by atoms with Gasteiger partial charge in [-0.05, 0) is 23.9 Å². The molecule has 3 aromatic rings. The topological polar surface area (TPSA) is 125 Å². The maximum absolute atomic E-state index is 12.0. The molecule has 0 fully saturated rings. The van der Waals surface area contributed by atoms with E-state index in [2.05, 4.69) is 0 Å². The summed E-state index contributed by atoms with van der Waals surface area (Å²) >= 11 is 1.54. The molecule has 2 heterocycles. The lowest BCUT2D eigenvalue weighted by molar-refractivity contribution is -0.384. The zero-order valence-electron chi connectivity index (χ0n) is 16.1. The van der Waals surface area contributed by atoms with Crippen molar-refractivity contribution >= 4 is 40.0 Å². The predicted octanol–water partition coefficient (Wildman–Crippen LogP) is 2.55. The van der Waals surface area contributed by atoms with Crippen molar-refractivity contribution in [3.05, 3.63) is 61.3 Å². The third kappa shape index (κ3) is 5.11. The van der Waals surface area contributed by atoms with E-state index < -0.39 is 16.6 Å². The Hall–Kier alpha value is -3.47. The third-order valence-electron chi connectivity index (χ3n) is 4.38. The highest BCUT2D eigenvalue weighted by atomic mass is 32.1. The maximum Gasteiger partial charge on any atom is 0.419 e. The summed E-state index contributed by atoms with van der Waals surface area (Å²) in [5, 5.41) is 12.7. The van der Waals surface area contributed by atoms with Gasteiger partial charge in [0.15, 0.2) is 12.2 Å². The van der Waals surface area contributed by atoms with Crippen LogP contribution in [0, 0.1) is 10.1 Å². The Labute approximate surface area is 174 Å². The summed E-state index contributed by atoms with van der Waals surface area (Å²) in [5.74, 6) is -1.52. The molecule has 11 heteroatoms. The Morgan fingerprint density at radius 1 is 1.33 bits per heavy atom. The van der Waals surface area contributed by atoms with Crippen LogP contribution in [-0.4, -0.2) is 39.9 Å². The van der Waals surface area contributed by atoms with Crippen molar-refractivity contribution in [3.63, 3.8) is 0 Å². The number of carbonyl (C=O) groups is 2. The number of ether oxygens (including phenoxy) is 1. The Morgan fingerprint density at radius 3 is 2.83 bits per heavy atom. The summed E-state index contributed by atoms with van der Waals surface area (Å²) in [4.78, 5) is 48.7. The van der Waals surface area contributed by atoms with Gasteiger partial charge in [0.25, 0.3) is 11.6 Å². The van der Waals surface area contributed by atoms with Gasteiger partial charge in [0.05, 0.1) is 23.1 Å². The van der Waals surface area contributed by atoms with Crippen LogP contribution >= 0.6 is 11.3 Å². The summed E-state index contributed by atoms with van der Waals surface area (Å²) in [6, 6.07) is 7.70. The number of aryl methyl sites for hydroxylation is 1. The van der Waals surface area contributed by atoms with Gasteiger partial charge in [-0.3, -0.25) is 24.3 Å². The van der Waals surface area contributed by atoms with Gasteiger partial charge in [-0.2, -0.15) is 0 Å². The van der Waals surface area contributed by atoms with Crippen molar-refractivity contribution < 1.29 is 23.7 Å². The lowest BCUT2D eigenvalue weighted by Crippen LogP contribution is -2.30. The lowest BCUT2D eigenvalue weighted by atomic mass is 10.2. The molecule has 0 atom stereocenters. The molecule has 0 N–H and O–H groups in total. The number of nitro benzene ring substituents is 1. The van der Waals surface area contributed by atoms with E-state index in [1.54, 1.807) is 7.05 Å². The van der Waals surface area contributed by atoms with Crippen molar-refractivity contribution in [1.29, 1.82) is 0 Å². The second-order valence-corrected chi connectivity index (χ2v) is 7.55. The third-order valence-corrected chi connectivity index (χ3v) is 5.24. The molecule has 0 saturated heterocycles. The van der Waals surface area contributed by atoms with Gasteiger partial charge in [-0.25, -0.2) is 4.79 Å². The van der Waals surface area contributed by atoms with E-state index in [9.17, 15) is 24.5 Å². The number of nitro groups is 1. The van der Waals surface area contributed by atoms with Crippen molar-refractivity contribution in [3.8, 4) is 0 Å². The molecule has 158 valence electrons. The quantitative estimate of drug-likeness (QED) is 0.288. The highest BCUT2D eigenvalue weighted by Crippen LogP contribution is 2.20. The molecule has 0 aliphatic rings. The number of thiophene rings is 1. The molecule has 10 nitrogen and oxygen atoms in total. The molecule has 1 aromatic carbocycles. The molecule has 30 heavy (non-hydrogen) atoms. The van der Waals surface area contributed by atoms with Gasteiger partial charge < -0.3 is 14.1 Å². The Morgan fingerprint density at radius 2 is 2.13 bits per heavy atom. The van der Waals surface area contributed by atoms with Crippen molar-refractivity contribution in [2.45, 2.75) is 25.9 Å². The normalized spacial score (nSPS) is 10.8. The molecule has 0 saturated carbocycles. The van der Waals surface area contributed by atoms with E-state index in [-0.39, 0.29) is 43.2 Å². The van der Waals surface area contributed by atoms with Crippen LogP contribution in [0.2, 0.25) is 0 Å². The molecule has 0 radical (unpaired) electrons. The molecular formula is C19H19N3O7S. The van der Waals surface area contributed by atoms with Crippen LogP contribution in [0.5, 0.6) is 0 Å². The highest BCUT2D eigenvalue weighted by molar-refractivity contribution is 7.09. The number of carbonyl (C=O) groups excluding carboxylic acids is 2. The summed E-state index contributed by atoms with van der Waals surface area (Å²) in [6.07, 6.45) is 0.289. The largest absolute Gasteiger partial charge is 0.456 e. The molecule has 0 bridgehead atoms. The Kier molecular flexibility index (Phi) is 6.62. The van der Waals surface area contributed by atoms with Crippen LogP contribution in [0.3, 0.4) is 0 Å². The SMILES string of the molecule is CN(Cc1cccs1)C(=O)COC(=O)CCCn1c(=O)oc2cc([N+](=O)[O-])ccc21. The first-order chi connectivity index (χ1) is 14.3. The minimum absolute atomic E-state index is 0.00795. The van der Waals surface area contributed by atoms with Crippen LogP contribution in [0.1, 0.15) is 17.7 Å². The molecule has 1 amide bonds. The first kappa shape index (κ1) is 21.2. The van der Waals surface area contributed by atoms with Gasteiger partial charge in [0, 0.05) is 31.0 Å². The monoisotopic (exact) mass is 433 g/mol. The lowest BCUT2D eigenvalue weighted by Gasteiger charge is -2.16. The zero-order chi connectivity index (χ0) is 21.7. The molecule has 0 unspecified atom stereocenters. The average Bonchev–Trinajstić information content (AvgIpc) is 3.33. The maximum atomic E-state index is 12.0. The molecular weight excluding hydrogens is 414 g/mol. The average molecular weight is 433 g/mol. The number of hydrogen-bond donors (Lipinski definition) is 0. The summed E-state index contributed by atoms with van der Waals surface area (Å²) < 4.78 is 11.3. The standard InChI is InChI=1S/C19H19N3O7S/c1-20(11-14-4-3-9-30-14)17(23)12-28-18(24)5-2-8-21-15-7-6-13(22(26)27)10-16(15)29-19(21)25/h3-4,6-7,9-10H,2,5,8,11-12H2,1H3. The van der Waals surface area contributed by atoms with Gasteiger partial charge in [-0.1, -0.05) is 6.07 Å². The van der Waals surface area contributed by atoms with Crippen LogP contribution in [-0.2, 0) is 27.4 Å². The smallest absolute Gasteiger partial charge is 0.419 e. The van der Waals surface area contributed by atoms with Gasteiger partial charge in [0.2, 0.25) is 0 Å². The number of likely N-dealkylation sites (N-methyl/N-ethyl adjacent to an activating group) is 1. The van der Waals surface area contributed by atoms with Gasteiger partial charge in [0.1, 0.15) is 0 Å². The molecule has 2 aromatic heterocycles. The number of rotatable bonds is 9. The number of esters is 1. The highest BCUT2D eigenvalue weighted by Gasteiger charge is 2.16. The van der Waals surface area contributed by atoms with Gasteiger partial charge in [-0.15, -0.1) is 11.3 Å². The molecule has 0 aliphatic heterocycles. The van der Waals surface area contributed by atoms with Crippen LogP contribution in [0.15, 0.2) is 44.9 Å². The molecule has 0 spiro atoms. The number of oxazole rings is 1. The number of amides is 1. The Balaban J connectivity index is 1.47. The fourth-order valence-electron chi connectivity index (χ4n) is 2.81. The van der Waals surface area contributed by atoms with E-state index >= 15 is 0 Å². The van der Waals surface area contributed by atoms with E-state index in [0.29, 0.717) is 12.1 Å². The first-order valence-corrected chi connectivity index (χ1v) is 9.93. The van der Waals surface area contributed by atoms with Crippen LogP contribution in [0.4, 0.5) is 5.69 Å². The number of non-ortho nitro benzene ring substituents is 1. The fraction of sp³-hybridized carbons (Fsp3) is 0.316. The second kappa shape index (κ2) is 9.35. The number of nitrogens with zero attached hydrogens (tertiary/aromatic N) is 3. The van der Waals surface area contributed by atoms with Gasteiger partial charge >= 0.3 is 11.7 Å². The van der Waals surface area contributed by atoms with E-state index in [0.717, 1.165) is 4.88 Å². The Bertz CT molecular complexity index is 1120. The molecule has 0 aliphatic carbocycles. The number of aromatic nitrogens is 1. The van der Waals surface area contributed by atoms with E-state index in [1.165, 1.54) is 39.0 Å². The van der Waals surface area contributed by atoms with Crippen molar-refractivity contribution in [2.24, 2.45) is 0 Å². The van der Waals surface area contributed by atoms with Crippen molar-refractivity contribution in [2.75, 3.05) is 13.7 Å². The second-order valence-electron chi connectivity index (χ2n) is 6.52. The number of hydrogen-bond acceptors (Lipinski definition) is 8. The molecule has 3 rings (SSSR count).